The van der Waals surface area contributed by atoms with E-state index in [-0.39, 0.29) is 17.3 Å². The zero-order valence-corrected chi connectivity index (χ0v) is 21.9. The Balaban J connectivity index is -0.000000335. The molecule has 0 fully saturated rings. The van der Waals surface area contributed by atoms with Crippen molar-refractivity contribution in [3.05, 3.63) is 108 Å². The second-order valence-electron chi connectivity index (χ2n) is 7.69. The van der Waals surface area contributed by atoms with Crippen molar-refractivity contribution in [2.24, 2.45) is 0 Å². The van der Waals surface area contributed by atoms with Crippen LogP contribution in [0, 0.1) is 20.8 Å². The summed E-state index contributed by atoms with van der Waals surface area (Å²) in [5.41, 5.74) is 3.97. The molecule has 3 rings (SSSR count). The lowest BCUT2D eigenvalue weighted by Crippen LogP contribution is -1.69. The van der Waals surface area contributed by atoms with Gasteiger partial charge in [0.2, 0.25) is 0 Å². The van der Waals surface area contributed by atoms with Crippen molar-refractivity contribution in [1.82, 2.24) is 0 Å². The molecule has 3 aromatic carbocycles. The van der Waals surface area contributed by atoms with Crippen LogP contribution in [0.3, 0.4) is 0 Å². The van der Waals surface area contributed by atoms with Crippen LogP contribution in [0.15, 0.2) is 91.0 Å². The van der Waals surface area contributed by atoms with Gasteiger partial charge in [-0.25, -0.2) is 0 Å². The molecule has 0 atom stereocenters. The van der Waals surface area contributed by atoms with Crippen LogP contribution < -0.4 is 0 Å². The predicted molar refractivity (Wildman–Crippen MR) is 143 cm³/mol. The SMILES string of the molecule is CC(C)=O.CC(C)=O.CC(C)=O.Cc1ccccc1.Cc1ccccc1.Cc1ccccc1. The molecule has 3 heteroatoms. The molecule has 0 aromatic heterocycles. The molecule has 0 bridgehead atoms. The van der Waals surface area contributed by atoms with Crippen molar-refractivity contribution < 1.29 is 14.4 Å². The summed E-state index contributed by atoms with van der Waals surface area (Å²) in [4.78, 5) is 28.3. The molecule has 3 nitrogen and oxygen atoms in total. The topological polar surface area (TPSA) is 51.2 Å². The first-order chi connectivity index (χ1) is 15.4. The van der Waals surface area contributed by atoms with Crippen molar-refractivity contribution in [1.29, 1.82) is 0 Å². The summed E-state index contributed by atoms with van der Waals surface area (Å²) in [5.74, 6) is 0.500. The molecule has 0 saturated carbocycles. The van der Waals surface area contributed by atoms with E-state index in [1.807, 2.05) is 54.6 Å². The van der Waals surface area contributed by atoms with Gasteiger partial charge in [0.15, 0.2) is 0 Å². The normalized spacial score (nSPS) is 7.91. The maximum atomic E-state index is 9.44. The Morgan fingerprint density at radius 2 is 0.485 bits per heavy atom. The molecule has 0 aliphatic rings. The molecule has 3 aromatic rings. The van der Waals surface area contributed by atoms with Crippen LogP contribution in [0.5, 0.6) is 0 Å². The largest absolute Gasteiger partial charge is 0.300 e. The smallest absolute Gasteiger partial charge is 0.126 e. The van der Waals surface area contributed by atoms with E-state index in [0.717, 1.165) is 0 Å². The molecule has 0 amide bonds. The summed E-state index contributed by atoms with van der Waals surface area (Å²) in [6.07, 6.45) is 0. The number of ketones is 3. The van der Waals surface area contributed by atoms with E-state index >= 15 is 0 Å². The second kappa shape index (κ2) is 24.9. The van der Waals surface area contributed by atoms with Gasteiger partial charge < -0.3 is 14.4 Å². The highest BCUT2D eigenvalue weighted by atomic mass is 16.1. The Hall–Kier alpha value is -3.33. The molecule has 0 N–H and O–H groups in total. The minimum absolute atomic E-state index is 0.167. The van der Waals surface area contributed by atoms with Gasteiger partial charge in [0.05, 0.1) is 0 Å². The molecule has 0 spiro atoms. The fraction of sp³-hybridized carbons (Fsp3) is 0.300. The summed E-state index contributed by atoms with van der Waals surface area (Å²) < 4.78 is 0. The lowest BCUT2D eigenvalue weighted by Gasteiger charge is -1.82. The fourth-order valence-corrected chi connectivity index (χ4v) is 1.60. The second-order valence-corrected chi connectivity index (χ2v) is 7.69. The Bertz CT molecular complexity index is 710. The van der Waals surface area contributed by atoms with Gasteiger partial charge in [0, 0.05) is 0 Å². The molecule has 0 aliphatic heterocycles. The Labute approximate surface area is 201 Å². The highest BCUT2D eigenvalue weighted by Crippen LogP contribution is 1.93. The Morgan fingerprint density at radius 1 is 0.364 bits per heavy atom. The number of hydrogen-bond acceptors (Lipinski definition) is 3. The molecule has 0 unspecified atom stereocenters. The molecular weight excluding hydrogens is 408 g/mol. The van der Waals surface area contributed by atoms with Gasteiger partial charge in [0.1, 0.15) is 17.3 Å². The number of carbonyl (C=O) groups is 3. The van der Waals surface area contributed by atoms with Crippen LogP contribution in [0.25, 0.3) is 0 Å². The van der Waals surface area contributed by atoms with Crippen molar-refractivity contribution in [2.45, 2.75) is 62.3 Å². The van der Waals surface area contributed by atoms with Gasteiger partial charge in [-0.3, -0.25) is 0 Å². The fourth-order valence-electron chi connectivity index (χ4n) is 1.60. The van der Waals surface area contributed by atoms with Crippen LogP contribution >= 0.6 is 0 Å². The van der Waals surface area contributed by atoms with Crippen LogP contribution in [0.4, 0.5) is 0 Å². The Morgan fingerprint density at radius 3 is 0.545 bits per heavy atom. The van der Waals surface area contributed by atoms with Crippen molar-refractivity contribution in [3.8, 4) is 0 Å². The number of benzene rings is 3. The Kier molecular flexibility index (Phi) is 25.9. The number of rotatable bonds is 0. The molecule has 0 heterocycles. The first-order valence-electron chi connectivity index (χ1n) is 10.8. The average molecular weight is 451 g/mol. The van der Waals surface area contributed by atoms with Gasteiger partial charge in [-0.2, -0.15) is 0 Å². The quantitative estimate of drug-likeness (QED) is 0.351. The van der Waals surface area contributed by atoms with E-state index in [4.69, 9.17) is 0 Å². The first kappa shape index (κ1) is 34.3. The predicted octanol–water partition coefficient (Wildman–Crippen LogP) is 7.77. The maximum Gasteiger partial charge on any atom is 0.126 e. The van der Waals surface area contributed by atoms with Crippen LogP contribution in [0.1, 0.15) is 58.2 Å². The third-order valence-electron chi connectivity index (χ3n) is 2.82. The van der Waals surface area contributed by atoms with Crippen molar-refractivity contribution in [2.75, 3.05) is 0 Å². The standard InChI is InChI=1S/3C7H8.3C3H6O/c3*1-7-5-3-2-4-6-7;3*1-3(2)4/h3*2-6H,1H3;3*1-2H3. The van der Waals surface area contributed by atoms with Crippen LogP contribution in [0.2, 0.25) is 0 Å². The monoisotopic (exact) mass is 450 g/mol. The molecule has 180 valence electrons. The molecule has 0 saturated heterocycles. The number of carbonyl (C=O) groups excluding carboxylic acids is 3. The van der Waals surface area contributed by atoms with Crippen LogP contribution in [-0.4, -0.2) is 17.3 Å². The van der Waals surface area contributed by atoms with Gasteiger partial charge in [0.25, 0.3) is 0 Å². The van der Waals surface area contributed by atoms with Gasteiger partial charge in [-0.1, -0.05) is 108 Å². The van der Waals surface area contributed by atoms with Gasteiger partial charge >= 0.3 is 0 Å². The lowest BCUT2D eigenvalue weighted by molar-refractivity contribution is -0.115. The lowest BCUT2D eigenvalue weighted by atomic mass is 10.2. The highest BCUT2D eigenvalue weighted by molar-refractivity contribution is 5.72. The number of hydrogen-bond donors (Lipinski definition) is 0. The zero-order chi connectivity index (χ0) is 26.1. The van der Waals surface area contributed by atoms with E-state index in [0.29, 0.717) is 0 Å². The van der Waals surface area contributed by atoms with Crippen LogP contribution in [-0.2, 0) is 14.4 Å². The summed E-state index contributed by atoms with van der Waals surface area (Å²) in [6.45, 7) is 15.4. The molecule has 33 heavy (non-hydrogen) atoms. The van der Waals surface area contributed by atoms with E-state index in [1.165, 1.54) is 58.2 Å². The molecular formula is C30H42O3. The summed E-state index contributed by atoms with van der Waals surface area (Å²) in [7, 11) is 0. The maximum absolute atomic E-state index is 9.44. The third kappa shape index (κ3) is 47.7. The first-order valence-corrected chi connectivity index (χ1v) is 10.8. The minimum atomic E-state index is 0.167. The minimum Gasteiger partial charge on any atom is -0.300 e. The van der Waals surface area contributed by atoms with E-state index in [2.05, 4.69) is 57.2 Å². The van der Waals surface area contributed by atoms with Crippen molar-refractivity contribution >= 4 is 17.3 Å². The average Bonchev–Trinajstić information content (AvgIpc) is 2.69. The summed E-state index contributed by atoms with van der Waals surface area (Å²) in [6, 6.07) is 30.8. The third-order valence-corrected chi connectivity index (χ3v) is 2.82. The van der Waals surface area contributed by atoms with Gasteiger partial charge in [-0.05, 0) is 62.3 Å². The molecule has 0 aliphatic carbocycles. The number of Topliss-reactive ketones (excluding diaryl/α,β-unsaturated/α-hetero) is 3. The number of aryl methyl sites for hydroxylation is 3. The van der Waals surface area contributed by atoms with E-state index in [1.54, 1.807) is 0 Å². The van der Waals surface area contributed by atoms with Gasteiger partial charge in [-0.15, -0.1) is 0 Å². The summed E-state index contributed by atoms with van der Waals surface area (Å²) >= 11 is 0. The zero-order valence-electron chi connectivity index (χ0n) is 21.9. The van der Waals surface area contributed by atoms with E-state index in [9.17, 15) is 14.4 Å². The molecule has 0 radical (unpaired) electrons. The van der Waals surface area contributed by atoms with Crippen molar-refractivity contribution in [3.63, 3.8) is 0 Å². The van der Waals surface area contributed by atoms with E-state index < -0.39 is 0 Å². The highest BCUT2D eigenvalue weighted by Gasteiger charge is 1.73. The summed E-state index contributed by atoms with van der Waals surface area (Å²) in [5, 5.41) is 0.